The minimum atomic E-state index is -4.37. The highest BCUT2D eigenvalue weighted by molar-refractivity contribution is 7.80. The van der Waals surface area contributed by atoms with Crippen LogP contribution in [-0.4, -0.2) is 47.8 Å². The molecule has 0 bridgehead atoms. The van der Waals surface area contributed by atoms with Crippen LogP contribution in [0.2, 0.25) is 0 Å². The molecule has 1 aliphatic rings. The average molecular weight is 453 g/mol. The Kier molecular flexibility index (Phi) is 7.53. The predicted octanol–water partition coefficient (Wildman–Crippen LogP) is 4.15. The lowest BCUT2D eigenvalue weighted by molar-refractivity contribution is -0.137. The molecule has 2 aromatic heterocycles. The summed E-state index contributed by atoms with van der Waals surface area (Å²) in [6.45, 7) is 7.86. The monoisotopic (exact) mass is 452 g/mol. The van der Waals surface area contributed by atoms with Crippen molar-refractivity contribution in [2.75, 3.05) is 47.8 Å². The Balaban J connectivity index is 1.50. The van der Waals surface area contributed by atoms with E-state index in [1.807, 2.05) is 17.0 Å². The number of pyridine rings is 2. The molecule has 0 amide bonds. The van der Waals surface area contributed by atoms with Gasteiger partial charge in [0.1, 0.15) is 11.6 Å². The second-order valence-electron chi connectivity index (χ2n) is 7.63. The molecule has 10 heteroatoms. The molecule has 31 heavy (non-hydrogen) atoms. The molecular formula is C21H27F3N6S. The first kappa shape index (κ1) is 23.1. The first-order valence-electron chi connectivity index (χ1n) is 10.3. The summed E-state index contributed by atoms with van der Waals surface area (Å²) in [5.74, 6) is 1.96. The van der Waals surface area contributed by atoms with Crippen molar-refractivity contribution >= 4 is 34.7 Å². The third-order valence-electron chi connectivity index (χ3n) is 5.32. The Morgan fingerprint density at radius 3 is 2.06 bits per heavy atom. The standard InChI is InChI=1S/C21H27F3N6S/c1-3-15(2)12-27-20(31)28-17-5-7-19(26-14-17)30-10-8-29(9-11-30)18-6-4-16(13-25-18)21(22,23)24/h4-7,13-15H,3,8-12H2,1-2H3,(H2,27,28,31). The minimum absolute atomic E-state index is 0.552. The predicted molar refractivity (Wildman–Crippen MR) is 122 cm³/mol. The van der Waals surface area contributed by atoms with E-state index in [9.17, 15) is 13.2 Å². The molecule has 168 valence electrons. The first-order chi connectivity index (χ1) is 14.8. The number of hydrogen-bond acceptors (Lipinski definition) is 5. The van der Waals surface area contributed by atoms with E-state index < -0.39 is 11.7 Å². The molecule has 0 radical (unpaired) electrons. The number of nitrogens with one attached hydrogen (secondary N) is 2. The van der Waals surface area contributed by atoms with Gasteiger partial charge in [-0.05, 0) is 42.4 Å². The largest absolute Gasteiger partial charge is 0.417 e. The van der Waals surface area contributed by atoms with Crippen LogP contribution < -0.4 is 20.4 Å². The lowest BCUT2D eigenvalue weighted by atomic mass is 10.1. The quantitative estimate of drug-likeness (QED) is 0.639. The summed E-state index contributed by atoms with van der Waals surface area (Å²) < 4.78 is 38.1. The van der Waals surface area contributed by atoms with Crippen molar-refractivity contribution in [1.29, 1.82) is 0 Å². The number of piperazine rings is 1. The maximum atomic E-state index is 12.7. The normalized spacial score (nSPS) is 15.5. The van der Waals surface area contributed by atoms with E-state index >= 15 is 0 Å². The number of halogens is 3. The van der Waals surface area contributed by atoms with Gasteiger partial charge in [0.25, 0.3) is 0 Å². The molecule has 1 unspecified atom stereocenters. The van der Waals surface area contributed by atoms with Gasteiger partial charge in [0, 0.05) is 38.9 Å². The number of alkyl halides is 3. The van der Waals surface area contributed by atoms with Crippen molar-refractivity contribution in [3.63, 3.8) is 0 Å². The highest BCUT2D eigenvalue weighted by Crippen LogP contribution is 2.29. The van der Waals surface area contributed by atoms with Gasteiger partial charge in [0.15, 0.2) is 5.11 Å². The second kappa shape index (κ2) is 10.1. The summed E-state index contributed by atoms with van der Waals surface area (Å²) >= 11 is 5.31. The maximum Gasteiger partial charge on any atom is 0.417 e. The van der Waals surface area contributed by atoms with Gasteiger partial charge < -0.3 is 20.4 Å². The zero-order chi connectivity index (χ0) is 22.4. The molecular weight excluding hydrogens is 425 g/mol. The Morgan fingerprint density at radius 1 is 1.03 bits per heavy atom. The van der Waals surface area contributed by atoms with Crippen molar-refractivity contribution in [2.45, 2.75) is 26.4 Å². The highest BCUT2D eigenvalue weighted by Gasteiger charge is 2.31. The molecule has 1 aliphatic heterocycles. The fourth-order valence-corrected chi connectivity index (χ4v) is 3.34. The van der Waals surface area contributed by atoms with E-state index in [-0.39, 0.29) is 0 Å². The third kappa shape index (κ3) is 6.43. The first-order valence-corrected chi connectivity index (χ1v) is 10.7. The number of rotatable bonds is 6. The van der Waals surface area contributed by atoms with E-state index in [0.717, 1.165) is 36.7 Å². The Hall–Kier alpha value is -2.62. The van der Waals surface area contributed by atoms with Gasteiger partial charge in [-0.15, -0.1) is 0 Å². The number of nitrogens with zero attached hydrogens (tertiary/aromatic N) is 4. The highest BCUT2D eigenvalue weighted by atomic mass is 32.1. The molecule has 0 spiro atoms. The van der Waals surface area contributed by atoms with Crippen molar-refractivity contribution in [3.8, 4) is 0 Å². The fraction of sp³-hybridized carbons (Fsp3) is 0.476. The number of aromatic nitrogens is 2. The third-order valence-corrected chi connectivity index (χ3v) is 5.56. The van der Waals surface area contributed by atoms with Crippen molar-refractivity contribution in [3.05, 3.63) is 42.2 Å². The molecule has 0 aliphatic carbocycles. The smallest absolute Gasteiger partial charge is 0.362 e. The van der Waals surface area contributed by atoms with Crippen molar-refractivity contribution in [1.82, 2.24) is 15.3 Å². The molecule has 1 atom stereocenters. The van der Waals surface area contributed by atoms with Crippen LogP contribution in [0.25, 0.3) is 0 Å². The zero-order valence-electron chi connectivity index (χ0n) is 17.6. The van der Waals surface area contributed by atoms with E-state index in [2.05, 4.69) is 39.3 Å². The summed E-state index contributed by atoms with van der Waals surface area (Å²) in [6, 6.07) is 6.37. The van der Waals surface area contributed by atoms with Gasteiger partial charge in [0.2, 0.25) is 0 Å². The van der Waals surface area contributed by atoms with Gasteiger partial charge in [-0.25, -0.2) is 9.97 Å². The Labute approximate surface area is 185 Å². The van der Waals surface area contributed by atoms with Gasteiger partial charge in [-0.1, -0.05) is 20.3 Å². The van der Waals surface area contributed by atoms with Crippen LogP contribution in [0.15, 0.2) is 36.7 Å². The fourth-order valence-electron chi connectivity index (χ4n) is 3.14. The summed E-state index contributed by atoms with van der Waals surface area (Å²) in [5.41, 5.74) is 0.0836. The number of anilines is 3. The van der Waals surface area contributed by atoms with Crippen LogP contribution in [0.4, 0.5) is 30.5 Å². The second-order valence-corrected chi connectivity index (χ2v) is 8.04. The van der Waals surface area contributed by atoms with Gasteiger partial charge in [0.05, 0.1) is 17.4 Å². The van der Waals surface area contributed by atoms with Crippen LogP contribution >= 0.6 is 12.2 Å². The van der Waals surface area contributed by atoms with Crippen LogP contribution in [0.5, 0.6) is 0 Å². The molecule has 3 heterocycles. The molecule has 0 aromatic carbocycles. The lowest BCUT2D eigenvalue weighted by Crippen LogP contribution is -2.47. The maximum absolute atomic E-state index is 12.7. The summed E-state index contributed by atoms with van der Waals surface area (Å²) in [7, 11) is 0. The number of hydrogen-bond donors (Lipinski definition) is 2. The molecule has 1 saturated heterocycles. The van der Waals surface area contributed by atoms with E-state index in [4.69, 9.17) is 12.2 Å². The van der Waals surface area contributed by atoms with Crippen LogP contribution in [-0.2, 0) is 6.18 Å². The van der Waals surface area contributed by atoms with Crippen LogP contribution in [0, 0.1) is 5.92 Å². The van der Waals surface area contributed by atoms with Gasteiger partial charge >= 0.3 is 6.18 Å². The van der Waals surface area contributed by atoms with E-state index in [0.29, 0.717) is 43.0 Å². The summed E-state index contributed by atoms with van der Waals surface area (Å²) in [4.78, 5) is 12.6. The van der Waals surface area contributed by atoms with E-state index in [1.165, 1.54) is 6.07 Å². The van der Waals surface area contributed by atoms with E-state index in [1.54, 1.807) is 6.20 Å². The van der Waals surface area contributed by atoms with Crippen LogP contribution in [0.1, 0.15) is 25.8 Å². The molecule has 1 fully saturated rings. The summed E-state index contributed by atoms with van der Waals surface area (Å²) in [6.07, 6.45) is -0.647. The van der Waals surface area contributed by atoms with Crippen molar-refractivity contribution in [2.24, 2.45) is 5.92 Å². The van der Waals surface area contributed by atoms with Crippen molar-refractivity contribution < 1.29 is 13.2 Å². The average Bonchev–Trinajstić information content (AvgIpc) is 2.77. The molecule has 6 nitrogen and oxygen atoms in total. The molecule has 0 saturated carbocycles. The molecule has 2 N–H and O–H groups in total. The Bertz CT molecular complexity index is 849. The van der Waals surface area contributed by atoms with Gasteiger partial charge in [-0.2, -0.15) is 13.2 Å². The van der Waals surface area contributed by atoms with Gasteiger partial charge in [-0.3, -0.25) is 0 Å². The minimum Gasteiger partial charge on any atom is -0.362 e. The lowest BCUT2D eigenvalue weighted by Gasteiger charge is -2.36. The number of thiocarbonyl (C=S) groups is 1. The SMILES string of the molecule is CCC(C)CNC(=S)Nc1ccc(N2CCN(c3ccc(C(F)(F)F)cn3)CC2)nc1. The molecule has 2 aromatic rings. The topological polar surface area (TPSA) is 56.3 Å². The Morgan fingerprint density at radius 2 is 1.61 bits per heavy atom. The zero-order valence-corrected chi connectivity index (χ0v) is 18.4. The van der Waals surface area contributed by atoms with Crippen LogP contribution in [0.3, 0.4) is 0 Å². The molecule has 3 rings (SSSR count). The summed E-state index contributed by atoms with van der Waals surface area (Å²) in [5, 5.41) is 6.91.